The van der Waals surface area contributed by atoms with E-state index in [1.807, 2.05) is 13.8 Å². The van der Waals surface area contributed by atoms with Crippen molar-refractivity contribution in [2.75, 3.05) is 13.7 Å². The van der Waals surface area contributed by atoms with Gasteiger partial charge in [-0.2, -0.15) is 0 Å². The highest BCUT2D eigenvalue weighted by atomic mass is 16.5. The zero-order chi connectivity index (χ0) is 9.14. The van der Waals surface area contributed by atoms with Crippen molar-refractivity contribution in [3.8, 4) is 0 Å². The lowest BCUT2D eigenvalue weighted by Crippen LogP contribution is -2.14. The van der Waals surface area contributed by atoms with Crippen molar-refractivity contribution in [1.82, 2.24) is 0 Å². The number of carbonyl (C=O) groups is 1. The molecule has 0 aliphatic carbocycles. The molecule has 0 aromatic carbocycles. The minimum atomic E-state index is 0.0590. The van der Waals surface area contributed by atoms with E-state index in [0.717, 1.165) is 5.57 Å². The Balaban J connectivity index is 2.88. The minimum absolute atomic E-state index is 0.0590. The Labute approximate surface area is 72.1 Å². The Hall–Kier alpha value is -1.12. The predicted molar refractivity (Wildman–Crippen MR) is 47.3 cm³/mol. The van der Waals surface area contributed by atoms with Gasteiger partial charge in [0.15, 0.2) is 5.78 Å². The molecule has 0 saturated heterocycles. The molecule has 0 radical (unpaired) electrons. The molecule has 3 heteroatoms. The van der Waals surface area contributed by atoms with Crippen LogP contribution in [0.2, 0.25) is 0 Å². The van der Waals surface area contributed by atoms with Crippen molar-refractivity contribution in [3.05, 3.63) is 11.3 Å². The maximum atomic E-state index is 11.3. The Morgan fingerprint density at radius 2 is 2.33 bits per heavy atom. The van der Waals surface area contributed by atoms with E-state index in [4.69, 9.17) is 4.74 Å². The van der Waals surface area contributed by atoms with Crippen molar-refractivity contribution in [1.29, 1.82) is 0 Å². The summed E-state index contributed by atoms with van der Waals surface area (Å²) in [6.45, 7) is 4.36. The van der Waals surface area contributed by atoms with Crippen LogP contribution < -0.4 is 0 Å². The number of rotatable bonds is 3. The normalized spacial score (nSPS) is 16.4. The van der Waals surface area contributed by atoms with Crippen LogP contribution in [0.15, 0.2) is 16.3 Å². The van der Waals surface area contributed by atoms with Crippen LogP contribution in [-0.2, 0) is 9.53 Å². The zero-order valence-corrected chi connectivity index (χ0v) is 7.68. The summed E-state index contributed by atoms with van der Waals surface area (Å²) in [7, 11) is 1.57. The van der Waals surface area contributed by atoms with Gasteiger partial charge < -0.3 is 4.74 Å². The van der Waals surface area contributed by atoms with Gasteiger partial charge in [0.05, 0.1) is 13.7 Å². The molecule has 0 atom stereocenters. The highest BCUT2D eigenvalue weighted by molar-refractivity contribution is 6.46. The number of allylic oxidation sites excluding steroid dienone is 1. The lowest BCUT2D eigenvalue weighted by atomic mass is 10.1. The minimum Gasteiger partial charge on any atom is -0.494 e. The number of aliphatic imine (C=N–C) groups is 1. The van der Waals surface area contributed by atoms with Crippen LogP contribution in [-0.4, -0.2) is 25.1 Å². The van der Waals surface area contributed by atoms with Gasteiger partial charge in [-0.15, -0.1) is 0 Å². The Morgan fingerprint density at radius 3 is 2.83 bits per heavy atom. The van der Waals surface area contributed by atoms with E-state index in [-0.39, 0.29) is 5.78 Å². The van der Waals surface area contributed by atoms with Gasteiger partial charge in [0.1, 0.15) is 11.5 Å². The third-order valence-corrected chi connectivity index (χ3v) is 1.87. The van der Waals surface area contributed by atoms with Gasteiger partial charge in [0.25, 0.3) is 0 Å². The van der Waals surface area contributed by atoms with Crippen LogP contribution in [0.4, 0.5) is 0 Å². The fraction of sp³-hybridized carbons (Fsp3) is 0.556. The van der Waals surface area contributed by atoms with Crippen molar-refractivity contribution >= 4 is 11.5 Å². The molecule has 12 heavy (non-hydrogen) atoms. The SMILES string of the molecule is CCC(=O)C1=NCC(C)=C1OC. The van der Waals surface area contributed by atoms with Gasteiger partial charge >= 0.3 is 0 Å². The third kappa shape index (κ3) is 1.40. The fourth-order valence-electron chi connectivity index (χ4n) is 1.20. The molecule has 0 aromatic heterocycles. The van der Waals surface area contributed by atoms with E-state index in [2.05, 4.69) is 4.99 Å². The second kappa shape index (κ2) is 3.52. The molecule has 0 fully saturated rings. The van der Waals surface area contributed by atoms with Gasteiger partial charge in [-0.25, -0.2) is 0 Å². The van der Waals surface area contributed by atoms with Gasteiger partial charge in [-0.3, -0.25) is 9.79 Å². The number of ether oxygens (including phenoxy) is 1. The first-order valence-electron chi connectivity index (χ1n) is 4.02. The van der Waals surface area contributed by atoms with Crippen LogP contribution in [0.1, 0.15) is 20.3 Å². The molecule has 1 heterocycles. The number of methoxy groups -OCH3 is 1. The first-order valence-corrected chi connectivity index (χ1v) is 4.02. The first-order chi connectivity index (χ1) is 5.70. The number of ketones is 1. The largest absolute Gasteiger partial charge is 0.494 e. The molecule has 0 unspecified atom stereocenters. The van der Waals surface area contributed by atoms with Crippen molar-refractivity contribution in [3.63, 3.8) is 0 Å². The van der Waals surface area contributed by atoms with E-state index in [1.54, 1.807) is 7.11 Å². The van der Waals surface area contributed by atoms with Crippen LogP contribution >= 0.6 is 0 Å². The van der Waals surface area contributed by atoms with Gasteiger partial charge in [-0.1, -0.05) is 6.92 Å². The first kappa shape index (κ1) is 8.97. The Kier molecular flexibility index (Phi) is 2.63. The van der Waals surface area contributed by atoms with E-state index in [0.29, 0.717) is 24.4 Å². The summed E-state index contributed by atoms with van der Waals surface area (Å²) < 4.78 is 5.09. The molecule has 0 bridgehead atoms. The summed E-state index contributed by atoms with van der Waals surface area (Å²) in [5.74, 6) is 0.727. The summed E-state index contributed by atoms with van der Waals surface area (Å²) in [5, 5.41) is 0. The van der Waals surface area contributed by atoms with Crippen LogP contribution in [0, 0.1) is 0 Å². The molecule has 66 valence electrons. The van der Waals surface area contributed by atoms with Crippen LogP contribution in [0.5, 0.6) is 0 Å². The second-order valence-electron chi connectivity index (χ2n) is 2.76. The van der Waals surface area contributed by atoms with Crippen molar-refractivity contribution in [2.45, 2.75) is 20.3 Å². The topological polar surface area (TPSA) is 38.7 Å². The summed E-state index contributed by atoms with van der Waals surface area (Å²) in [4.78, 5) is 15.4. The molecule has 1 aliphatic heterocycles. The Morgan fingerprint density at radius 1 is 1.67 bits per heavy atom. The summed E-state index contributed by atoms with van der Waals surface area (Å²) in [5.41, 5.74) is 1.55. The lowest BCUT2D eigenvalue weighted by molar-refractivity contribution is -0.112. The highest BCUT2D eigenvalue weighted by Gasteiger charge is 2.22. The number of Topliss-reactive ketones (excluding diaryl/α,β-unsaturated/α-hetero) is 1. The molecular formula is C9H13NO2. The molecule has 0 spiro atoms. The quantitative estimate of drug-likeness (QED) is 0.636. The lowest BCUT2D eigenvalue weighted by Gasteiger charge is -2.03. The highest BCUT2D eigenvalue weighted by Crippen LogP contribution is 2.16. The average Bonchev–Trinajstić information content (AvgIpc) is 2.45. The van der Waals surface area contributed by atoms with Crippen LogP contribution in [0.25, 0.3) is 0 Å². The molecule has 0 amide bonds. The fourth-order valence-corrected chi connectivity index (χ4v) is 1.20. The molecular weight excluding hydrogens is 154 g/mol. The monoisotopic (exact) mass is 167 g/mol. The Bertz CT molecular complexity index is 264. The van der Waals surface area contributed by atoms with E-state index >= 15 is 0 Å². The molecule has 0 aromatic rings. The molecule has 0 N–H and O–H groups in total. The van der Waals surface area contributed by atoms with Gasteiger partial charge in [-0.05, 0) is 12.5 Å². The maximum absolute atomic E-state index is 11.3. The van der Waals surface area contributed by atoms with Crippen molar-refractivity contribution in [2.24, 2.45) is 4.99 Å². The number of nitrogens with zero attached hydrogens (tertiary/aromatic N) is 1. The van der Waals surface area contributed by atoms with E-state index < -0.39 is 0 Å². The van der Waals surface area contributed by atoms with Gasteiger partial charge in [0, 0.05) is 6.42 Å². The second-order valence-corrected chi connectivity index (χ2v) is 2.76. The predicted octanol–water partition coefficient (Wildman–Crippen LogP) is 1.34. The van der Waals surface area contributed by atoms with Gasteiger partial charge in [0.2, 0.25) is 0 Å². The maximum Gasteiger partial charge on any atom is 0.184 e. The van der Waals surface area contributed by atoms with Crippen LogP contribution in [0.3, 0.4) is 0 Å². The summed E-state index contributed by atoms with van der Waals surface area (Å²) in [6.07, 6.45) is 0.485. The van der Waals surface area contributed by atoms with E-state index in [9.17, 15) is 4.79 Å². The smallest absolute Gasteiger partial charge is 0.184 e. The van der Waals surface area contributed by atoms with Crippen molar-refractivity contribution < 1.29 is 9.53 Å². The molecule has 0 saturated carbocycles. The molecule has 1 aliphatic rings. The summed E-state index contributed by atoms with van der Waals surface area (Å²) >= 11 is 0. The number of carbonyl (C=O) groups excluding carboxylic acids is 1. The summed E-state index contributed by atoms with van der Waals surface area (Å²) in [6, 6.07) is 0. The molecule has 1 rings (SSSR count). The third-order valence-electron chi connectivity index (χ3n) is 1.87. The van der Waals surface area contributed by atoms with E-state index in [1.165, 1.54) is 0 Å². The zero-order valence-electron chi connectivity index (χ0n) is 7.68. The number of hydrogen-bond acceptors (Lipinski definition) is 3. The standard InChI is InChI=1S/C9H13NO2/c1-4-7(11)8-9(12-3)6(2)5-10-8/h4-5H2,1-3H3. The molecule has 3 nitrogen and oxygen atoms in total. The average molecular weight is 167 g/mol. The number of hydrogen-bond donors (Lipinski definition) is 0.